The highest BCUT2D eigenvalue weighted by molar-refractivity contribution is 7.89. The van der Waals surface area contributed by atoms with Crippen LogP contribution in [0.25, 0.3) is 0 Å². The van der Waals surface area contributed by atoms with E-state index in [4.69, 9.17) is 5.14 Å². The minimum absolute atomic E-state index is 0.0291. The predicted molar refractivity (Wildman–Crippen MR) is 82.6 cm³/mol. The molecule has 0 unspecified atom stereocenters. The molecular weight excluding hydrogens is 304 g/mol. The van der Waals surface area contributed by atoms with Crippen LogP contribution in [0.1, 0.15) is 18.5 Å². The van der Waals surface area contributed by atoms with Gasteiger partial charge in [0.05, 0.1) is 10.9 Å². The summed E-state index contributed by atoms with van der Waals surface area (Å²) in [6.45, 7) is 1.78. The van der Waals surface area contributed by atoms with Crippen molar-refractivity contribution in [3.8, 4) is 0 Å². The number of pyridine rings is 1. The first kappa shape index (κ1) is 15.9. The normalized spacial score (nSPS) is 12.5. The summed E-state index contributed by atoms with van der Waals surface area (Å²) in [6, 6.07) is 10.5. The Kier molecular flexibility index (Phi) is 4.74. The molecule has 0 spiro atoms. The molecule has 0 fully saturated rings. The summed E-state index contributed by atoms with van der Waals surface area (Å²) in [6.07, 6.45) is 1.57. The highest BCUT2D eigenvalue weighted by Gasteiger charge is 2.12. The van der Waals surface area contributed by atoms with E-state index in [0.717, 1.165) is 5.56 Å². The van der Waals surface area contributed by atoms with Gasteiger partial charge in [0.25, 0.3) is 0 Å². The molecule has 0 aliphatic rings. The van der Waals surface area contributed by atoms with Crippen LogP contribution >= 0.6 is 0 Å². The van der Waals surface area contributed by atoms with Gasteiger partial charge in [-0.15, -0.1) is 0 Å². The lowest BCUT2D eigenvalue weighted by Crippen LogP contribution is -2.31. The van der Waals surface area contributed by atoms with Crippen molar-refractivity contribution in [3.05, 3.63) is 54.2 Å². The van der Waals surface area contributed by atoms with Crippen LogP contribution in [0.4, 0.5) is 10.6 Å². The van der Waals surface area contributed by atoms with Gasteiger partial charge in [0.15, 0.2) is 0 Å². The van der Waals surface area contributed by atoms with E-state index >= 15 is 0 Å². The van der Waals surface area contributed by atoms with E-state index in [2.05, 4.69) is 15.6 Å². The molecule has 0 aliphatic carbocycles. The zero-order chi connectivity index (χ0) is 16.2. The van der Waals surface area contributed by atoms with E-state index in [1.54, 1.807) is 43.5 Å². The number of hydrogen-bond acceptors (Lipinski definition) is 4. The lowest BCUT2D eigenvalue weighted by atomic mass is 10.1. The number of nitrogens with zero attached hydrogens (tertiary/aromatic N) is 1. The molecule has 0 bridgehead atoms. The Morgan fingerprint density at radius 2 is 1.86 bits per heavy atom. The fourth-order valence-electron chi connectivity index (χ4n) is 1.82. The summed E-state index contributed by atoms with van der Waals surface area (Å²) in [5, 5.41) is 10.4. The van der Waals surface area contributed by atoms with Crippen molar-refractivity contribution >= 4 is 21.9 Å². The number of primary sulfonamides is 1. The number of hydrogen-bond donors (Lipinski definition) is 3. The fraction of sp³-hybridized carbons (Fsp3) is 0.143. The third kappa shape index (κ3) is 4.27. The standard InChI is InChI=1S/C14H16N4O3S/c1-10(11-5-7-12(8-6-11)22(15,20)21)17-14(19)18-13-4-2-3-9-16-13/h2-10H,1H3,(H2,15,20,21)(H2,16,17,18,19)/t10-/m0/s1. The molecule has 4 N–H and O–H groups in total. The SMILES string of the molecule is C[C@H](NC(=O)Nc1ccccn1)c1ccc(S(N)(=O)=O)cc1. The Morgan fingerprint density at radius 3 is 2.41 bits per heavy atom. The van der Waals surface area contributed by atoms with Gasteiger partial charge in [0, 0.05) is 6.20 Å². The predicted octanol–water partition coefficient (Wildman–Crippen LogP) is 1.61. The smallest absolute Gasteiger partial charge is 0.320 e. The molecule has 116 valence electrons. The summed E-state index contributed by atoms with van der Waals surface area (Å²) in [7, 11) is -3.72. The first-order chi connectivity index (χ1) is 10.4. The van der Waals surface area contributed by atoms with Gasteiger partial charge in [-0.25, -0.2) is 23.3 Å². The van der Waals surface area contributed by atoms with Crippen LogP contribution in [0.3, 0.4) is 0 Å². The minimum atomic E-state index is -3.72. The summed E-state index contributed by atoms with van der Waals surface area (Å²) < 4.78 is 22.4. The van der Waals surface area contributed by atoms with Crippen LogP contribution < -0.4 is 15.8 Å². The van der Waals surface area contributed by atoms with Gasteiger partial charge in [-0.1, -0.05) is 18.2 Å². The Hall–Kier alpha value is -2.45. The van der Waals surface area contributed by atoms with E-state index in [1.807, 2.05) is 0 Å². The quantitative estimate of drug-likeness (QED) is 0.794. The molecule has 8 heteroatoms. The minimum Gasteiger partial charge on any atom is -0.331 e. The first-order valence-corrected chi connectivity index (χ1v) is 8.02. The topological polar surface area (TPSA) is 114 Å². The summed E-state index contributed by atoms with van der Waals surface area (Å²) in [4.78, 5) is 15.9. The van der Waals surface area contributed by atoms with Crippen molar-refractivity contribution in [2.75, 3.05) is 5.32 Å². The number of sulfonamides is 1. The maximum Gasteiger partial charge on any atom is 0.320 e. The highest BCUT2D eigenvalue weighted by Crippen LogP contribution is 2.15. The monoisotopic (exact) mass is 320 g/mol. The molecule has 22 heavy (non-hydrogen) atoms. The van der Waals surface area contributed by atoms with Crippen LogP contribution in [0, 0.1) is 0 Å². The van der Waals surface area contributed by atoms with E-state index in [1.165, 1.54) is 12.1 Å². The fourth-order valence-corrected chi connectivity index (χ4v) is 2.33. The largest absolute Gasteiger partial charge is 0.331 e. The molecule has 1 aromatic heterocycles. The zero-order valence-corrected chi connectivity index (χ0v) is 12.7. The second-order valence-electron chi connectivity index (χ2n) is 4.65. The first-order valence-electron chi connectivity index (χ1n) is 6.47. The Bertz CT molecular complexity index is 745. The molecular formula is C14H16N4O3S. The average molecular weight is 320 g/mol. The molecule has 1 atom stereocenters. The number of aromatic nitrogens is 1. The zero-order valence-electron chi connectivity index (χ0n) is 11.9. The molecule has 0 saturated heterocycles. The number of anilines is 1. The van der Waals surface area contributed by atoms with Gasteiger partial charge in [0.1, 0.15) is 5.82 Å². The van der Waals surface area contributed by atoms with Crippen molar-refractivity contribution in [3.63, 3.8) is 0 Å². The second-order valence-corrected chi connectivity index (χ2v) is 6.21. The van der Waals surface area contributed by atoms with Gasteiger partial charge in [0.2, 0.25) is 10.0 Å². The summed E-state index contributed by atoms with van der Waals surface area (Å²) >= 11 is 0. The number of carbonyl (C=O) groups excluding carboxylic acids is 1. The van der Waals surface area contributed by atoms with Crippen LogP contribution in [0.2, 0.25) is 0 Å². The molecule has 2 aromatic rings. The number of nitrogens with one attached hydrogen (secondary N) is 2. The molecule has 7 nitrogen and oxygen atoms in total. The second kappa shape index (κ2) is 6.54. The van der Waals surface area contributed by atoms with Gasteiger partial charge < -0.3 is 5.32 Å². The lowest BCUT2D eigenvalue weighted by molar-refractivity contribution is 0.249. The Balaban J connectivity index is 2.00. The number of urea groups is 1. The highest BCUT2D eigenvalue weighted by atomic mass is 32.2. The maximum atomic E-state index is 11.8. The lowest BCUT2D eigenvalue weighted by Gasteiger charge is -2.15. The number of rotatable bonds is 4. The third-order valence-corrected chi connectivity index (χ3v) is 3.89. The number of carbonyl (C=O) groups is 1. The number of benzene rings is 1. The molecule has 2 amide bonds. The molecule has 0 saturated carbocycles. The van der Waals surface area contributed by atoms with Crippen molar-refractivity contribution in [2.24, 2.45) is 5.14 Å². The van der Waals surface area contributed by atoms with Crippen LogP contribution in [-0.2, 0) is 10.0 Å². The molecule has 1 aromatic carbocycles. The van der Waals surface area contributed by atoms with E-state index < -0.39 is 16.1 Å². The van der Waals surface area contributed by atoms with E-state index in [-0.39, 0.29) is 10.9 Å². The van der Waals surface area contributed by atoms with Crippen molar-refractivity contribution < 1.29 is 13.2 Å². The number of amides is 2. The van der Waals surface area contributed by atoms with Gasteiger partial charge in [-0.2, -0.15) is 0 Å². The van der Waals surface area contributed by atoms with E-state index in [0.29, 0.717) is 5.82 Å². The van der Waals surface area contributed by atoms with Gasteiger partial charge in [-0.3, -0.25) is 5.32 Å². The number of nitrogens with two attached hydrogens (primary N) is 1. The Morgan fingerprint density at radius 1 is 1.18 bits per heavy atom. The maximum absolute atomic E-state index is 11.8. The van der Waals surface area contributed by atoms with Crippen molar-refractivity contribution in [2.45, 2.75) is 17.9 Å². The molecule has 1 heterocycles. The van der Waals surface area contributed by atoms with Gasteiger partial charge >= 0.3 is 6.03 Å². The van der Waals surface area contributed by atoms with E-state index in [9.17, 15) is 13.2 Å². The van der Waals surface area contributed by atoms with Gasteiger partial charge in [-0.05, 0) is 36.8 Å². The molecule has 0 aliphatic heterocycles. The average Bonchev–Trinajstić information content (AvgIpc) is 2.47. The van der Waals surface area contributed by atoms with Crippen LogP contribution in [0.5, 0.6) is 0 Å². The van der Waals surface area contributed by atoms with Crippen LogP contribution in [-0.4, -0.2) is 19.4 Å². The third-order valence-electron chi connectivity index (χ3n) is 2.96. The summed E-state index contributed by atoms with van der Waals surface area (Å²) in [5.41, 5.74) is 0.753. The summed E-state index contributed by atoms with van der Waals surface area (Å²) in [5.74, 6) is 0.441. The van der Waals surface area contributed by atoms with Crippen molar-refractivity contribution in [1.29, 1.82) is 0 Å². The molecule has 0 radical (unpaired) electrons. The van der Waals surface area contributed by atoms with Crippen LogP contribution in [0.15, 0.2) is 53.6 Å². The molecule has 2 rings (SSSR count). The Labute approximate surface area is 128 Å². The van der Waals surface area contributed by atoms with Crippen molar-refractivity contribution in [1.82, 2.24) is 10.3 Å².